The summed E-state index contributed by atoms with van der Waals surface area (Å²) < 4.78 is 23.1. The molecule has 33 heavy (non-hydrogen) atoms. The molecule has 1 aromatic heterocycles. The van der Waals surface area contributed by atoms with Gasteiger partial charge in [-0.25, -0.2) is 10.4 Å². The van der Waals surface area contributed by atoms with Crippen LogP contribution >= 0.6 is 38.5 Å². The lowest BCUT2D eigenvalue weighted by atomic mass is 10.1. The minimum Gasteiger partial charge on any atom is -0.493 e. The molecule has 1 amide bonds. The van der Waals surface area contributed by atoms with Crippen LogP contribution in [0.25, 0.3) is 0 Å². The molecule has 0 unspecified atom stereocenters. The van der Waals surface area contributed by atoms with Crippen LogP contribution < -0.4 is 19.6 Å². The molecular weight excluding hydrogens is 607 g/mol. The number of nitrogens with zero attached hydrogens (tertiary/aromatic N) is 3. The Balaban J connectivity index is 2.06. The lowest BCUT2D eigenvalue weighted by Gasteiger charge is -2.13. The molecule has 0 spiro atoms. The number of methoxy groups -OCH3 is 2. The summed E-state index contributed by atoms with van der Waals surface area (Å²) in [5, 5.41) is 13.5. The highest BCUT2D eigenvalue weighted by molar-refractivity contribution is 14.1. The van der Waals surface area contributed by atoms with Gasteiger partial charge in [-0.05, 0) is 63.1 Å². The number of pyridine rings is 1. The maximum atomic E-state index is 12.2. The molecule has 1 heterocycles. The highest BCUT2D eigenvalue weighted by atomic mass is 127. The Labute approximate surface area is 214 Å². The van der Waals surface area contributed by atoms with Crippen LogP contribution in [0.2, 0.25) is 0 Å². The first-order chi connectivity index (χ1) is 15.9. The number of hydrazone groups is 1. The van der Waals surface area contributed by atoms with E-state index in [4.69, 9.17) is 18.9 Å². The van der Waals surface area contributed by atoms with Crippen LogP contribution in [-0.4, -0.2) is 44.5 Å². The maximum Gasteiger partial charge on any atom is 0.278 e. The minimum absolute atomic E-state index is 0.0544. The number of halogens is 2. The third-order valence-electron chi connectivity index (χ3n) is 4.11. The van der Waals surface area contributed by atoms with E-state index in [1.165, 1.54) is 20.4 Å². The number of aromatic nitrogens is 1. The number of benzene rings is 1. The standard InChI is InChI=1S/C22H22BrIN4O5/c1-5-6-32-21-17(24)7-14(8-18(21)31-4)10-26-28-19(29)12-33-22-15(9-25)16(11-30-3)20(23)13(2)27-22/h5,7-8,10H,1,6,11-12H2,2-4H3,(H,28,29)/b26-10+. The number of hydrogen-bond acceptors (Lipinski definition) is 8. The molecular formula is C22H22BrIN4O5. The number of carbonyl (C=O) groups excluding carboxylic acids is 1. The van der Waals surface area contributed by atoms with Crippen LogP contribution in [0.1, 0.15) is 22.4 Å². The summed E-state index contributed by atoms with van der Waals surface area (Å²) in [6.45, 7) is 5.56. The van der Waals surface area contributed by atoms with E-state index in [1.54, 1.807) is 19.1 Å². The first kappa shape index (κ1) is 26.6. The summed E-state index contributed by atoms with van der Waals surface area (Å²) in [5.74, 6) is 0.677. The van der Waals surface area contributed by atoms with Gasteiger partial charge in [0.05, 0.1) is 29.2 Å². The molecule has 0 radical (unpaired) electrons. The molecule has 2 aromatic rings. The highest BCUT2D eigenvalue weighted by Crippen LogP contribution is 2.33. The normalized spacial score (nSPS) is 10.5. The molecule has 0 fully saturated rings. The molecule has 174 valence electrons. The monoisotopic (exact) mass is 628 g/mol. The largest absolute Gasteiger partial charge is 0.493 e. The Morgan fingerprint density at radius 3 is 2.79 bits per heavy atom. The Bertz CT molecular complexity index is 1100. The first-order valence-corrected chi connectivity index (χ1v) is 11.4. The van der Waals surface area contributed by atoms with Gasteiger partial charge in [0.15, 0.2) is 18.1 Å². The third kappa shape index (κ3) is 7.15. The van der Waals surface area contributed by atoms with Crippen molar-refractivity contribution in [2.24, 2.45) is 5.10 Å². The van der Waals surface area contributed by atoms with E-state index in [0.717, 1.165) is 3.57 Å². The Morgan fingerprint density at radius 1 is 1.39 bits per heavy atom. The molecule has 0 bridgehead atoms. The van der Waals surface area contributed by atoms with Crippen LogP contribution in [0, 0.1) is 21.8 Å². The second-order valence-corrected chi connectivity index (χ2v) is 8.39. The third-order valence-corrected chi connectivity index (χ3v) is 5.96. The minimum atomic E-state index is -0.515. The van der Waals surface area contributed by atoms with E-state index in [-0.39, 0.29) is 24.7 Å². The van der Waals surface area contributed by atoms with Crippen molar-refractivity contribution in [3.05, 3.63) is 55.2 Å². The highest BCUT2D eigenvalue weighted by Gasteiger charge is 2.18. The molecule has 1 aromatic carbocycles. The summed E-state index contributed by atoms with van der Waals surface area (Å²) in [6, 6.07) is 5.62. The molecule has 0 aliphatic carbocycles. The van der Waals surface area contributed by atoms with Crippen molar-refractivity contribution in [1.82, 2.24) is 10.4 Å². The summed E-state index contributed by atoms with van der Waals surface area (Å²) >= 11 is 5.53. The SMILES string of the molecule is C=CCOc1c(I)cc(/C=N/NC(=O)COc2nc(C)c(Br)c(COC)c2C#N)cc1OC. The molecule has 9 nitrogen and oxygen atoms in total. The van der Waals surface area contributed by atoms with Crippen molar-refractivity contribution in [3.63, 3.8) is 0 Å². The first-order valence-electron chi connectivity index (χ1n) is 9.50. The number of amides is 1. The van der Waals surface area contributed by atoms with E-state index in [0.29, 0.717) is 39.4 Å². The van der Waals surface area contributed by atoms with Gasteiger partial charge in [-0.15, -0.1) is 0 Å². The molecule has 0 saturated carbocycles. The summed E-state index contributed by atoms with van der Waals surface area (Å²) in [6.07, 6.45) is 3.12. The van der Waals surface area contributed by atoms with Crippen molar-refractivity contribution >= 4 is 50.6 Å². The number of aryl methyl sites for hydroxylation is 1. The number of nitrogens with one attached hydrogen (secondary N) is 1. The number of ether oxygens (including phenoxy) is 4. The van der Waals surface area contributed by atoms with Crippen LogP contribution in [0.5, 0.6) is 17.4 Å². The smallest absolute Gasteiger partial charge is 0.278 e. The lowest BCUT2D eigenvalue weighted by Crippen LogP contribution is -2.25. The summed E-state index contributed by atoms with van der Waals surface area (Å²) in [5.41, 5.74) is 4.49. The van der Waals surface area contributed by atoms with Crippen molar-refractivity contribution < 1.29 is 23.7 Å². The molecule has 0 aliphatic rings. The number of carbonyl (C=O) groups is 1. The molecule has 0 atom stereocenters. The van der Waals surface area contributed by atoms with Crippen molar-refractivity contribution in [2.45, 2.75) is 13.5 Å². The van der Waals surface area contributed by atoms with Crippen molar-refractivity contribution in [3.8, 4) is 23.4 Å². The zero-order valence-electron chi connectivity index (χ0n) is 18.3. The molecule has 0 saturated heterocycles. The number of hydrogen-bond donors (Lipinski definition) is 1. The predicted molar refractivity (Wildman–Crippen MR) is 135 cm³/mol. The summed E-state index contributed by atoms with van der Waals surface area (Å²) in [4.78, 5) is 16.4. The average Bonchev–Trinajstić information content (AvgIpc) is 2.80. The van der Waals surface area contributed by atoms with Gasteiger partial charge in [0.25, 0.3) is 5.91 Å². The van der Waals surface area contributed by atoms with Gasteiger partial charge in [-0.1, -0.05) is 12.7 Å². The number of rotatable bonds is 11. The molecule has 0 aliphatic heterocycles. The fourth-order valence-corrected chi connectivity index (χ4v) is 3.84. The topological polar surface area (TPSA) is 115 Å². The Kier molecular flexibility index (Phi) is 10.6. The fourth-order valence-electron chi connectivity index (χ4n) is 2.66. The molecule has 2 rings (SSSR count). The van der Waals surface area contributed by atoms with Gasteiger partial charge in [0, 0.05) is 17.1 Å². The van der Waals surface area contributed by atoms with E-state index in [9.17, 15) is 10.1 Å². The fraction of sp³-hybridized carbons (Fsp3) is 0.273. The zero-order valence-corrected chi connectivity index (χ0v) is 22.0. The second-order valence-electron chi connectivity index (χ2n) is 6.43. The van der Waals surface area contributed by atoms with E-state index < -0.39 is 5.91 Å². The van der Waals surface area contributed by atoms with Gasteiger partial charge in [0.1, 0.15) is 18.2 Å². The lowest BCUT2D eigenvalue weighted by molar-refractivity contribution is -0.123. The van der Waals surface area contributed by atoms with Crippen LogP contribution in [0.3, 0.4) is 0 Å². The molecule has 1 N–H and O–H groups in total. The van der Waals surface area contributed by atoms with Gasteiger partial charge in [0.2, 0.25) is 5.88 Å². The Hall–Kier alpha value is -2.69. The van der Waals surface area contributed by atoms with Crippen LogP contribution in [0.4, 0.5) is 0 Å². The predicted octanol–water partition coefficient (Wildman–Crippen LogP) is 3.88. The van der Waals surface area contributed by atoms with Crippen LogP contribution in [0.15, 0.2) is 34.4 Å². The van der Waals surface area contributed by atoms with E-state index in [1.807, 2.05) is 6.07 Å². The maximum absolute atomic E-state index is 12.2. The van der Waals surface area contributed by atoms with Crippen LogP contribution in [-0.2, 0) is 16.1 Å². The van der Waals surface area contributed by atoms with Crippen molar-refractivity contribution in [1.29, 1.82) is 5.26 Å². The van der Waals surface area contributed by atoms with E-state index >= 15 is 0 Å². The van der Waals surface area contributed by atoms with Gasteiger partial charge >= 0.3 is 0 Å². The van der Waals surface area contributed by atoms with E-state index in [2.05, 4.69) is 66.7 Å². The number of nitriles is 1. The molecule has 11 heteroatoms. The zero-order chi connectivity index (χ0) is 24.4. The Morgan fingerprint density at radius 2 is 2.15 bits per heavy atom. The van der Waals surface area contributed by atoms with Gasteiger partial charge in [-0.3, -0.25) is 4.79 Å². The average molecular weight is 629 g/mol. The second kappa shape index (κ2) is 13.1. The quantitative estimate of drug-likeness (QED) is 0.174. The summed E-state index contributed by atoms with van der Waals surface area (Å²) in [7, 11) is 3.06. The van der Waals surface area contributed by atoms with Gasteiger partial charge in [-0.2, -0.15) is 10.4 Å². The van der Waals surface area contributed by atoms with Crippen molar-refractivity contribution in [2.75, 3.05) is 27.4 Å². The van der Waals surface area contributed by atoms with Gasteiger partial charge < -0.3 is 18.9 Å².